The maximum atomic E-state index is 11.2. The number of carboxylic acids is 1. The number of allylic oxidation sites excluding steroid dienone is 1. The summed E-state index contributed by atoms with van der Waals surface area (Å²) in [6.45, 7) is 0. The van der Waals surface area contributed by atoms with Gasteiger partial charge in [-0.25, -0.2) is 9.59 Å². The van der Waals surface area contributed by atoms with Crippen molar-refractivity contribution in [3.63, 3.8) is 0 Å². The van der Waals surface area contributed by atoms with Crippen LogP contribution in [0.25, 0.3) is 0 Å². The molecule has 1 aliphatic carbocycles. The van der Waals surface area contributed by atoms with Crippen LogP contribution < -0.4 is 5.32 Å². The predicted molar refractivity (Wildman–Crippen MR) is 53.3 cm³/mol. The molecule has 1 rings (SSSR count). The molecular formula is C10H13NO5. The van der Waals surface area contributed by atoms with Crippen LogP contribution in [0.1, 0.15) is 25.7 Å². The van der Waals surface area contributed by atoms with E-state index in [1.807, 2.05) is 0 Å². The number of aliphatic carboxylic acids is 1. The van der Waals surface area contributed by atoms with E-state index in [1.54, 1.807) is 0 Å². The minimum atomic E-state index is -1.06. The molecule has 0 aromatic carbocycles. The molecule has 0 atom stereocenters. The van der Waals surface area contributed by atoms with Crippen molar-refractivity contribution in [2.24, 2.45) is 0 Å². The number of hydrogen-bond acceptors (Lipinski definition) is 4. The molecule has 16 heavy (non-hydrogen) atoms. The Morgan fingerprint density at radius 1 is 1.25 bits per heavy atom. The molecule has 2 N–H and O–H groups in total. The molecular weight excluding hydrogens is 214 g/mol. The van der Waals surface area contributed by atoms with Gasteiger partial charge in [-0.1, -0.05) is 0 Å². The van der Waals surface area contributed by atoms with E-state index in [9.17, 15) is 14.4 Å². The number of carboxylic acid groups (broad SMARTS) is 1. The molecule has 0 radical (unpaired) electrons. The Kier molecular flexibility index (Phi) is 4.04. The minimum Gasteiger partial charge on any atom is -0.478 e. The number of nitrogens with one attached hydrogen (secondary N) is 1. The Hall–Kier alpha value is -1.85. The van der Waals surface area contributed by atoms with Gasteiger partial charge in [-0.2, -0.15) is 0 Å². The maximum absolute atomic E-state index is 11.2. The second-order valence-electron chi connectivity index (χ2n) is 3.42. The lowest BCUT2D eigenvalue weighted by atomic mass is 9.96. The Bertz CT molecular complexity index is 358. The lowest BCUT2D eigenvalue weighted by molar-refractivity contribution is -0.152. The first-order valence-electron chi connectivity index (χ1n) is 4.91. The summed E-state index contributed by atoms with van der Waals surface area (Å²) in [5.41, 5.74) is 0.484. The highest BCUT2D eigenvalue weighted by Crippen LogP contribution is 2.22. The van der Waals surface area contributed by atoms with Crippen molar-refractivity contribution in [2.45, 2.75) is 25.7 Å². The molecule has 0 unspecified atom stereocenters. The molecule has 0 bridgehead atoms. The number of carbonyl (C=O) groups excluding carboxylic acids is 2. The van der Waals surface area contributed by atoms with E-state index >= 15 is 0 Å². The number of amides is 1. The van der Waals surface area contributed by atoms with Crippen LogP contribution in [-0.4, -0.2) is 30.1 Å². The van der Waals surface area contributed by atoms with E-state index < -0.39 is 17.8 Å². The smallest absolute Gasteiger partial charge is 0.396 e. The first-order valence-corrected chi connectivity index (χ1v) is 4.91. The van der Waals surface area contributed by atoms with Gasteiger partial charge in [0.25, 0.3) is 0 Å². The van der Waals surface area contributed by atoms with Crippen LogP contribution in [0.15, 0.2) is 11.3 Å². The molecule has 1 aliphatic rings. The Labute approximate surface area is 92.3 Å². The largest absolute Gasteiger partial charge is 0.478 e. The summed E-state index contributed by atoms with van der Waals surface area (Å²) >= 11 is 0. The van der Waals surface area contributed by atoms with Gasteiger partial charge in [0.15, 0.2) is 0 Å². The summed E-state index contributed by atoms with van der Waals surface area (Å²) in [5, 5.41) is 11.2. The topological polar surface area (TPSA) is 92.7 Å². The van der Waals surface area contributed by atoms with Crippen molar-refractivity contribution in [3.8, 4) is 0 Å². The van der Waals surface area contributed by atoms with Gasteiger partial charge in [-0.15, -0.1) is 0 Å². The number of hydrogen-bond donors (Lipinski definition) is 2. The van der Waals surface area contributed by atoms with Crippen LogP contribution in [0, 0.1) is 0 Å². The molecule has 0 heterocycles. The summed E-state index contributed by atoms with van der Waals surface area (Å²) in [7, 11) is 1.09. The molecule has 0 aliphatic heterocycles. The first-order chi connectivity index (χ1) is 7.56. The number of ether oxygens (including phenoxy) is 1. The Balaban J connectivity index is 2.80. The third-order valence-corrected chi connectivity index (χ3v) is 2.36. The maximum Gasteiger partial charge on any atom is 0.396 e. The van der Waals surface area contributed by atoms with Crippen LogP contribution in [0.4, 0.5) is 0 Å². The molecule has 88 valence electrons. The fourth-order valence-electron chi connectivity index (χ4n) is 1.56. The van der Waals surface area contributed by atoms with Crippen molar-refractivity contribution in [1.82, 2.24) is 5.32 Å². The van der Waals surface area contributed by atoms with Crippen LogP contribution in [0.3, 0.4) is 0 Å². The minimum absolute atomic E-state index is 0.170. The van der Waals surface area contributed by atoms with E-state index in [4.69, 9.17) is 5.11 Å². The van der Waals surface area contributed by atoms with Crippen LogP contribution in [0.5, 0.6) is 0 Å². The number of esters is 1. The second-order valence-corrected chi connectivity index (χ2v) is 3.42. The third-order valence-electron chi connectivity index (χ3n) is 2.36. The van der Waals surface area contributed by atoms with Crippen molar-refractivity contribution < 1.29 is 24.2 Å². The summed E-state index contributed by atoms with van der Waals surface area (Å²) in [6.07, 6.45) is 2.45. The molecule has 1 amide bonds. The first kappa shape index (κ1) is 12.2. The third kappa shape index (κ3) is 2.82. The second kappa shape index (κ2) is 5.29. The highest BCUT2D eigenvalue weighted by Gasteiger charge is 2.22. The molecule has 6 nitrogen and oxygen atoms in total. The van der Waals surface area contributed by atoms with E-state index in [0.717, 1.165) is 20.0 Å². The highest BCUT2D eigenvalue weighted by atomic mass is 16.5. The van der Waals surface area contributed by atoms with Gasteiger partial charge in [0.2, 0.25) is 0 Å². The van der Waals surface area contributed by atoms with E-state index in [-0.39, 0.29) is 5.57 Å². The Morgan fingerprint density at radius 3 is 2.44 bits per heavy atom. The molecule has 0 saturated carbocycles. The van der Waals surface area contributed by atoms with Crippen molar-refractivity contribution in [1.29, 1.82) is 0 Å². The van der Waals surface area contributed by atoms with Crippen LogP contribution in [-0.2, 0) is 19.1 Å². The van der Waals surface area contributed by atoms with E-state index in [0.29, 0.717) is 18.5 Å². The lowest BCUT2D eigenvalue weighted by Crippen LogP contribution is -2.33. The van der Waals surface area contributed by atoms with Gasteiger partial charge in [0, 0.05) is 5.70 Å². The normalized spacial score (nSPS) is 15.6. The molecule has 0 saturated heterocycles. The summed E-state index contributed by atoms with van der Waals surface area (Å²) in [4.78, 5) is 32.9. The summed E-state index contributed by atoms with van der Waals surface area (Å²) in [5.74, 6) is -3.01. The van der Waals surface area contributed by atoms with Crippen LogP contribution >= 0.6 is 0 Å². The van der Waals surface area contributed by atoms with E-state index in [1.165, 1.54) is 0 Å². The average molecular weight is 227 g/mol. The van der Waals surface area contributed by atoms with Gasteiger partial charge in [0.05, 0.1) is 12.7 Å². The monoisotopic (exact) mass is 227 g/mol. The zero-order valence-corrected chi connectivity index (χ0v) is 8.91. The number of methoxy groups -OCH3 is 1. The molecule has 0 aromatic heterocycles. The van der Waals surface area contributed by atoms with Gasteiger partial charge >= 0.3 is 17.8 Å². The quantitative estimate of drug-likeness (QED) is 0.519. The fourth-order valence-corrected chi connectivity index (χ4v) is 1.56. The summed E-state index contributed by atoms with van der Waals surface area (Å²) in [6, 6.07) is 0. The van der Waals surface area contributed by atoms with Gasteiger partial charge in [-0.05, 0) is 25.7 Å². The van der Waals surface area contributed by atoms with Crippen molar-refractivity contribution >= 4 is 17.8 Å². The van der Waals surface area contributed by atoms with E-state index in [2.05, 4.69) is 10.1 Å². The highest BCUT2D eigenvalue weighted by molar-refractivity contribution is 6.32. The van der Waals surface area contributed by atoms with Crippen LogP contribution in [0.2, 0.25) is 0 Å². The Morgan fingerprint density at radius 2 is 1.88 bits per heavy atom. The van der Waals surface area contributed by atoms with Gasteiger partial charge in [0.1, 0.15) is 0 Å². The molecule has 0 aromatic rings. The predicted octanol–water partition coefficient (Wildman–Crippen LogP) is 0.188. The summed E-state index contributed by atoms with van der Waals surface area (Å²) < 4.78 is 4.23. The average Bonchev–Trinajstić information content (AvgIpc) is 2.28. The van der Waals surface area contributed by atoms with Gasteiger partial charge < -0.3 is 15.2 Å². The molecule has 6 heteroatoms. The SMILES string of the molecule is COC(=O)C(=O)NC1=C(C(=O)O)CCCC1. The molecule has 0 fully saturated rings. The zero-order chi connectivity index (χ0) is 12.1. The van der Waals surface area contributed by atoms with Gasteiger partial charge in [-0.3, -0.25) is 4.79 Å². The fraction of sp³-hybridized carbons (Fsp3) is 0.500. The standard InChI is InChI=1S/C10H13NO5/c1-16-10(15)8(12)11-7-5-3-2-4-6(7)9(13)14/h2-5H2,1H3,(H,11,12)(H,13,14). The van der Waals surface area contributed by atoms with Crippen molar-refractivity contribution in [3.05, 3.63) is 11.3 Å². The zero-order valence-electron chi connectivity index (χ0n) is 8.91. The van der Waals surface area contributed by atoms with Crippen molar-refractivity contribution in [2.75, 3.05) is 7.11 Å². The number of carbonyl (C=O) groups is 3. The number of rotatable bonds is 2. The molecule has 0 spiro atoms. The lowest BCUT2D eigenvalue weighted by Gasteiger charge is -2.17.